The van der Waals surface area contributed by atoms with E-state index in [0.29, 0.717) is 18.8 Å². The fourth-order valence-corrected chi connectivity index (χ4v) is 2.58. The summed E-state index contributed by atoms with van der Waals surface area (Å²) >= 11 is 1.52. The normalized spacial score (nSPS) is 10.1. The fourth-order valence-electron chi connectivity index (χ4n) is 1.93. The number of amides is 1. The summed E-state index contributed by atoms with van der Waals surface area (Å²) in [6.45, 7) is 2.74. The largest absolute Gasteiger partial charge is 0.380 e. The van der Waals surface area contributed by atoms with Crippen LogP contribution in [0.4, 0.5) is 11.4 Å². The van der Waals surface area contributed by atoms with Crippen molar-refractivity contribution in [3.8, 4) is 0 Å². The summed E-state index contributed by atoms with van der Waals surface area (Å²) in [5, 5.41) is 18.8. The number of para-hydroxylation sites is 1. The second-order valence-electron chi connectivity index (χ2n) is 4.25. The van der Waals surface area contributed by atoms with Gasteiger partial charge in [-0.1, -0.05) is 12.1 Å². The predicted molar refractivity (Wildman–Crippen MR) is 82.7 cm³/mol. The second kappa shape index (κ2) is 6.85. The number of benzene rings is 1. The van der Waals surface area contributed by atoms with Crippen molar-refractivity contribution in [3.05, 3.63) is 56.3 Å². The molecule has 2 N–H and O–H groups in total. The molecule has 110 valence electrons. The number of nitrogens with one attached hydrogen (secondary N) is 2. The van der Waals surface area contributed by atoms with Gasteiger partial charge in [0, 0.05) is 11.4 Å². The van der Waals surface area contributed by atoms with Crippen LogP contribution in [0.3, 0.4) is 0 Å². The minimum atomic E-state index is -0.530. The van der Waals surface area contributed by atoms with Crippen molar-refractivity contribution in [3.63, 3.8) is 0 Å². The zero-order chi connectivity index (χ0) is 15.2. The molecule has 2 aromatic rings. The van der Waals surface area contributed by atoms with Crippen LogP contribution in [0.15, 0.2) is 35.7 Å². The molecule has 7 heteroatoms. The first kappa shape index (κ1) is 15.0. The highest BCUT2D eigenvalue weighted by Crippen LogP contribution is 2.28. The summed E-state index contributed by atoms with van der Waals surface area (Å²) in [7, 11) is 0. The lowest BCUT2D eigenvalue weighted by atomic mass is 10.1. The van der Waals surface area contributed by atoms with Crippen molar-refractivity contribution in [1.82, 2.24) is 5.32 Å². The minimum Gasteiger partial charge on any atom is -0.380 e. The molecule has 0 atom stereocenters. The van der Waals surface area contributed by atoms with E-state index in [1.807, 2.05) is 24.4 Å². The van der Waals surface area contributed by atoms with Gasteiger partial charge in [-0.25, -0.2) is 0 Å². The Balaban J connectivity index is 2.23. The second-order valence-corrected chi connectivity index (χ2v) is 5.28. The van der Waals surface area contributed by atoms with E-state index in [2.05, 4.69) is 10.6 Å². The van der Waals surface area contributed by atoms with Crippen LogP contribution < -0.4 is 10.6 Å². The van der Waals surface area contributed by atoms with Gasteiger partial charge >= 0.3 is 5.69 Å². The Kier molecular flexibility index (Phi) is 4.89. The molecule has 1 amide bonds. The zero-order valence-electron chi connectivity index (χ0n) is 11.5. The van der Waals surface area contributed by atoms with Crippen molar-refractivity contribution in [2.45, 2.75) is 13.5 Å². The van der Waals surface area contributed by atoms with Gasteiger partial charge in [0.05, 0.1) is 11.5 Å². The molecule has 0 aliphatic rings. The molecule has 6 nitrogen and oxygen atoms in total. The minimum absolute atomic E-state index is 0.0648. The van der Waals surface area contributed by atoms with Crippen LogP contribution in [-0.2, 0) is 6.54 Å². The number of anilines is 1. The Hall–Kier alpha value is -2.41. The van der Waals surface area contributed by atoms with Crippen LogP contribution >= 0.6 is 11.3 Å². The Morgan fingerprint density at radius 1 is 1.33 bits per heavy atom. The molecule has 1 aromatic heterocycles. The third-order valence-electron chi connectivity index (χ3n) is 2.83. The van der Waals surface area contributed by atoms with Crippen LogP contribution in [-0.4, -0.2) is 17.4 Å². The standard InChI is InChI=1S/C14H15N3O3S/c1-2-15-12-7-3-6-11(13(12)17(19)20)14(18)16-9-10-5-4-8-21-10/h3-8,15H,2,9H2,1H3,(H,16,18). The van der Waals surface area contributed by atoms with Gasteiger partial charge in [-0.3, -0.25) is 14.9 Å². The van der Waals surface area contributed by atoms with Crippen molar-refractivity contribution in [2.75, 3.05) is 11.9 Å². The maximum absolute atomic E-state index is 12.2. The van der Waals surface area contributed by atoms with Crippen LogP contribution in [0.2, 0.25) is 0 Å². The van der Waals surface area contributed by atoms with Gasteiger partial charge < -0.3 is 10.6 Å². The van der Waals surface area contributed by atoms with Crippen LogP contribution in [0.25, 0.3) is 0 Å². The Morgan fingerprint density at radius 2 is 2.14 bits per heavy atom. The number of hydrogen-bond acceptors (Lipinski definition) is 5. The number of nitrogens with zero attached hydrogens (tertiary/aromatic N) is 1. The molecule has 0 aliphatic heterocycles. The van der Waals surface area contributed by atoms with Crippen LogP contribution in [0.5, 0.6) is 0 Å². The number of carbonyl (C=O) groups is 1. The molecule has 1 aromatic carbocycles. The highest BCUT2D eigenvalue weighted by atomic mass is 32.1. The summed E-state index contributed by atoms with van der Waals surface area (Å²) in [6, 6.07) is 8.47. The average molecular weight is 305 g/mol. The molecule has 2 rings (SSSR count). The fraction of sp³-hybridized carbons (Fsp3) is 0.214. The summed E-state index contributed by atoms with van der Waals surface area (Å²) in [6.07, 6.45) is 0. The highest BCUT2D eigenvalue weighted by Gasteiger charge is 2.24. The molecule has 1 heterocycles. The lowest BCUT2D eigenvalue weighted by Gasteiger charge is -2.09. The first-order valence-electron chi connectivity index (χ1n) is 6.45. The molecule has 0 unspecified atom stereocenters. The molecule has 0 spiro atoms. The third-order valence-corrected chi connectivity index (χ3v) is 3.71. The smallest absolute Gasteiger partial charge is 0.305 e. The van der Waals surface area contributed by atoms with E-state index in [9.17, 15) is 14.9 Å². The zero-order valence-corrected chi connectivity index (χ0v) is 12.3. The van der Waals surface area contributed by atoms with Gasteiger partial charge in [0.15, 0.2) is 0 Å². The summed E-state index contributed by atoms with van der Waals surface area (Å²) in [5.74, 6) is -0.449. The number of nitro groups is 1. The molecule has 0 radical (unpaired) electrons. The van der Waals surface area contributed by atoms with Gasteiger partial charge in [0.25, 0.3) is 5.91 Å². The number of thiophene rings is 1. The van der Waals surface area contributed by atoms with E-state index < -0.39 is 10.8 Å². The maximum Gasteiger partial charge on any atom is 0.305 e. The Labute approximate surface area is 126 Å². The van der Waals surface area contributed by atoms with E-state index in [0.717, 1.165) is 4.88 Å². The lowest BCUT2D eigenvalue weighted by molar-refractivity contribution is -0.384. The van der Waals surface area contributed by atoms with Gasteiger partial charge in [-0.2, -0.15) is 0 Å². The van der Waals surface area contributed by atoms with Gasteiger partial charge in [-0.05, 0) is 30.5 Å². The van der Waals surface area contributed by atoms with Crippen molar-refractivity contribution < 1.29 is 9.72 Å². The molecule has 0 fully saturated rings. The van der Waals surface area contributed by atoms with Gasteiger partial charge in [0.2, 0.25) is 0 Å². The highest BCUT2D eigenvalue weighted by molar-refractivity contribution is 7.09. The van der Waals surface area contributed by atoms with Crippen LogP contribution in [0, 0.1) is 10.1 Å². The van der Waals surface area contributed by atoms with E-state index in [1.165, 1.54) is 17.4 Å². The molecular weight excluding hydrogens is 290 g/mol. The summed E-state index contributed by atoms with van der Waals surface area (Å²) in [4.78, 5) is 23.9. The third kappa shape index (κ3) is 3.57. The molecule has 0 saturated carbocycles. The lowest BCUT2D eigenvalue weighted by Crippen LogP contribution is -2.23. The number of rotatable bonds is 6. The SMILES string of the molecule is CCNc1cccc(C(=O)NCc2cccs2)c1[N+](=O)[O-]. The molecule has 0 saturated heterocycles. The number of carbonyl (C=O) groups excluding carboxylic acids is 1. The van der Waals surface area contributed by atoms with Crippen molar-refractivity contribution >= 4 is 28.6 Å². The first-order chi connectivity index (χ1) is 10.1. The van der Waals surface area contributed by atoms with Crippen molar-refractivity contribution in [2.24, 2.45) is 0 Å². The Morgan fingerprint density at radius 3 is 2.76 bits per heavy atom. The van der Waals surface area contributed by atoms with E-state index in [1.54, 1.807) is 12.1 Å². The summed E-state index contributed by atoms with van der Waals surface area (Å²) < 4.78 is 0. The van der Waals surface area contributed by atoms with E-state index >= 15 is 0 Å². The number of hydrogen-bond donors (Lipinski definition) is 2. The van der Waals surface area contributed by atoms with E-state index in [-0.39, 0.29) is 11.3 Å². The monoisotopic (exact) mass is 305 g/mol. The first-order valence-corrected chi connectivity index (χ1v) is 7.33. The number of nitro benzene ring substituents is 1. The quantitative estimate of drug-likeness (QED) is 0.634. The maximum atomic E-state index is 12.2. The van der Waals surface area contributed by atoms with Crippen LogP contribution in [0.1, 0.15) is 22.2 Å². The Bertz CT molecular complexity index is 641. The molecule has 21 heavy (non-hydrogen) atoms. The van der Waals surface area contributed by atoms with E-state index in [4.69, 9.17) is 0 Å². The predicted octanol–water partition coefficient (Wildman–Crippen LogP) is 3.02. The van der Waals surface area contributed by atoms with Gasteiger partial charge in [0.1, 0.15) is 11.3 Å². The average Bonchev–Trinajstić information content (AvgIpc) is 2.98. The molecule has 0 bridgehead atoms. The van der Waals surface area contributed by atoms with Gasteiger partial charge in [-0.15, -0.1) is 11.3 Å². The topological polar surface area (TPSA) is 84.3 Å². The summed E-state index contributed by atoms with van der Waals surface area (Å²) in [5.41, 5.74) is 0.226. The molecular formula is C14H15N3O3S. The molecule has 0 aliphatic carbocycles. The van der Waals surface area contributed by atoms with Crippen molar-refractivity contribution in [1.29, 1.82) is 0 Å².